The first-order valence-corrected chi connectivity index (χ1v) is 7.80. The van der Waals surface area contributed by atoms with Crippen LogP contribution in [0, 0.1) is 6.92 Å². The number of sulfonamides is 1. The Labute approximate surface area is 123 Å². The SMILES string of the molecule is Cc1ccccc1C1=C(O)c2cn(C)nc2N(C)S1(=O)=O. The van der Waals surface area contributed by atoms with E-state index in [0.717, 1.165) is 9.87 Å². The van der Waals surface area contributed by atoms with Gasteiger partial charge in [-0.2, -0.15) is 5.10 Å². The Kier molecular flexibility index (Phi) is 2.84. The van der Waals surface area contributed by atoms with Crippen LogP contribution in [0.5, 0.6) is 0 Å². The average molecular weight is 305 g/mol. The summed E-state index contributed by atoms with van der Waals surface area (Å²) < 4.78 is 28.0. The van der Waals surface area contributed by atoms with Crippen molar-refractivity contribution in [1.82, 2.24) is 9.78 Å². The second-order valence-electron chi connectivity index (χ2n) is 5.01. The van der Waals surface area contributed by atoms with Gasteiger partial charge < -0.3 is 5.11 Å². The highest BCUT2D eigenvalue weighted by molar-refractivity contribution is 8.02. The molecular formula is C14H15N3O3S. The lowest BCUT2D eigenvalue weighted by Crippen LogP contribution is -2.32. The van der Waals surface area contributed by atoms with Crippen molar-refractivity contribution in [2.24, 2.45) is 7.05 Å². The van der Waals surface area contributed by atoms with E-state index in [1.54, 1.807) is 25.4 Å². The summed E-state index contributed by atoms with van der Waals surface area (Å²) in [7, 11) is -0.723. The normalized spacial score (nSPS) is 17.0. The number of rotatable bonds is 1. The molecule has 1 aromatic carbocycles. The Morgan fingerprint density at radius 3 is 2.48 bits per heavy atom. The number of aromatic nitrogens is 2. The van der Waals surface area contributed by atoms with Crippen molar-refractivity contribution in [3.8, 4) is 0 Å². The largest absolute Gasteiger partial charge is 0.506 e. The zero-order valence-corrected chi connectivity index (χ0v) is 12.7. The van der Waals surface area contributed by atoms with Gasteiger partial charge in [-0.15, -0.1) is 0 Å². The van der Waals surface area contributed by atoms with Crippen LogP contribution in [-0.2, 0) is 17.1 Å². The molecule has 1 aliphatic rings. The number of aryl methyl sites for hydroxylation is 2. The van der Waals surface area contributed by atoms with Crippen molar-refractivity contribution in [2.75, 3.05) is 11.4 Å². The molecule has 0 saturated heterocycles. The molecule has 1 N–H and O–H groups in total. The van der Waals surface area contributed by atoms with Crippen LogP contribution in [-0.4, -0.2) is 30.4 Å². The Bertz CT molecular complexity index is 865. The van der Waals surface area contributed by atoms with Crippen LogP contribution in [0.2, 0.25) is 0 Å². The summed E-state index contributed by atoms with van der Waals surface area (Å²) in [6.07, 6.45) is 1.61. The third-order valence-electron chi connectivity index (χ3n) is 3.59. The number of fused-ring (bicyclic) bond motifs is 1. The van der Waals surface area contributed by atoms with Crippen LogP contribution in [0.1, 0.15) is 16.7 Å². The molecule has 1 aromatic heterocycles. The monoisotopic (exact) mass is 305 g/mol. The van der Waals surface area contributed by atoms with E-state index in [1.807, 2.05) is 19.1 Å². The Hall–Kier alpha value is -2.28. The highest BCUT2D eigenvalue weighted by atomic mass is 32.2. The first kappa shape index (κ1) is 13.7. The van der Waals surface area contributed by atoms with Gasteiger partial charge in [-0.3, -0.25) is 8.99 Å². The minimum Gasteiger partial charge on any atom is -0.506 e. The zero-order chi connectivity index (χ0) is 15.4. The Morgan fingerprint density at radius 2 is 1.81 bits per heavy atom. The molecule has 0 bridgehead atoms. The highest BCUT2D eigenvalue weighted by Crippen LogP contribution is 2.41. The van der Waals surface area contributed by atoms with E-state index >= 15 is 0 Å². The fourth-order valence-corrected chi connectivity index (χ4v) is 3.96. The lowest BCUT2D eigenvalue weighted by molar-refractivity contribution is 0.513. The van der Waals surface area contributed by atoms with Gasteiger partial charge in [0, 0.05) is 25.9 Å². The minimum atomic E-state index is -3.84. The summed E-state index contributed by atoms with van der Waals surface area (Å²) in [5.74, 6) is -0.0298. The first-order valence-electron chi connectivity index (χ1n) is 6.36. The fourth-order valence-electron chi connectivity index (χ4n) is 2.47. The van der Waals surface area contributed by atoms with Gasteiger partial charge >= 0.3 is 0 Å². The third-order valence-corrected chi connectivity index (χ3v) is 5.41. The molecule has 0 radical (unpaired) electrons. The van der Waals surface area contributed by atoms with Crippen molar-refractivity contribution in [1.29, 1.82) is 0 Å². The predicted octanol–water partition coefficient (Wildman–Crippen LogP) is 1.89. The predicted molar refractivity (Wildman–Crippen MR) is 81.2 cm³/mol. The molecule has 3 rings (SSSR count). The molecule has 0 aliphatic carbocycles. The van der Waals surface area contributed by atoms with E-state index in [1.165, 1.54) is 11.7 Å². The molecule has 0 fully saturated rings. The van der Waals surface area contributed by atoms with E-state index in [0.29, 0.717) is 11.1 Å². The summed E-state index contributed by atoms with van der Waals surface area (Å²) in [6.45, 7) is 1.81. The first-order chi connectivity index (χ1) is 9.84. The summed E-state index contributed by atoms with van der Waals surface area (Å²) in [5, 5.41) is 14.6. The number of hydrogen-bond acceptors (Lipinski definition) is 4. The summed E-state index contributed by atoms with van der Waals surface area (Å²) in [4.78, 5) is -0.0800. The number of aliphatic hydroxyl groups excluding tert-OH is 1. The Morgan fingerprint density at radius 1 is 1.14 bits per heavy atom. The Balaban J connectivity index is 2.39. The second-order valence-corrected chi connectivity index (χ2v) is 6.91. The van der Waals surface area contributed by atoms with Crippen molar-refractivity contribution in [3.05, 3.63) is 47.2 Å². The van der Waals surface area contributed by atoms with Crippen LogP contribution in [0.4, 0.5) is 5.82 Å². The fraction of sp³-hybridized carbons (Fsp3) is 0.214. The van der Waals surface area contributed by atoms with Gasteiger partial charge in [-0.1, -0.05) is 24.3 Å². The smallest absolute Gasteiger partial charge is 0.269 e. The standard InChI is InChI=1S/C14H15N3O3S/c1-9-6-4-5-7-10(9)13-12(18)11-8-16(2)15-14(11)17(3)21(13,19)20/h4-8,18H,1-3H3. The van der Waals surface area contributed by atoms with Gasteiger partial charge in [-0.05, 0) is 12.5 Å². The van der Waals surface area contributed by atoms with Gasteiger partial charge in [0.1, 0.15) is 10.7 Å². The van der Waals surface area contributed by atoms with E-state index in [2.05, 4.69) is 5.10 Å². The topological polar surface area (TPSA) is 75.4 Å². The van der Waals surface area contributed by atoms with Crippen LogP contribution in [0.15, 0.2) is 30.5 Å². The molecule has 2 heterocycles. The van der Waals surface area contributed by atoms with Crippen LogP contribution < -0.4 is 4.31 Å². The molecule has 6 nitrogen and oxygen atoms in total. The second kappa shape index (κ2) is 4.36. The summed E-state index contributed by atoms with van der Waals surface area (Å²) in [5.41, 5.74) is 1.69. The van der Waals surface area contributed by atoms with Crippen LogP contribution >= 0.6 is 0 Å². The van der Waals surface area contributed by atoms with Crippen molar-refractivity contribution < 1.29 is 13.5 Å². The molecule has 2 aromatic rings. The maximum atomic E-state index is 12.7. The molecule has 1 aliphatic heterocycles. The van der Waals surface area contributed by atoms with E-state index in [-0.39, 0.29) is 16.5 Å². The van der Waals surface area contributed by atoms with Crippen molar-refractivity contribution >= 4 is 26.5 Å². The number of hydrogen-bond donors (Lipinski definition) is 1. The molecule has 21 heavy (non-hydrogen) atoms. The summed E-state index contributed by atoms with van der Waals surface area (Å²) >= 11 is 0. The van der Waals surface area contributed by atoms with Gasteiger partial charge in [0.05, 0.1) is 5.56 Å². The van der Waals surface area contributed by atoms with E-state index in [4.69, 9.17) is 0 Å². The number of aliphatic hydroxyl groups is 1. The zero-order valence-electron chi connectivity index (χ0n) is 11.9. The molecule has 0 atom stereocenters. The number of nitrogens with zero attached hydrogens (tertiary/aromatic N) is 3. The van der Waals surface area contributed by atoms with Gasteiger partial charge in [0.2, 0.25) is 0 Å². The molecule has 0 spiro atoms. The van der Waals surface area contributed by atoms with Gasteiger partial charge in [0.25, 0.3) is 10.0 Å². The molecular weight excluding hydrogens is 290 g/mol. The average Bonchev–Trinajstić information content (AvgIpc) is 2.81. The highest BCUT2D eigenvalue weighted by Gasteiger charge is 2.38. The third kappa shape index (κ3) is 1.84. The maximum Gasteiger partial charge on any atom is 0.269 e. The van der Waals surface area contributed by atoms with Crippen LogP contribution in [0.3, 0.4) is 0 Å². The molecule has 0 saturated carbocycles. The number of anilines is 1. The molecule has 110 valence electrons. The number of benzene rings is 1. The summed E-state index contributed by atoms with van der Waals surface area (Å²) in [6, 6.07) is 7.07. The van der Waals surface area contributed by atoms with E-state index < -0.39 is 10.0 Å². The molecule has 0 unspecified atom stereocenters. The van der Waals surface area contributed by atoms with Crippen LogP contribution in [0.25, 0.3) is 10.7 Å². The molecule has 7 heteroatoms. The van der Waals surface area contributed by atoms with Crippen molar-refractivity contribution in [3.63, 3.8) is 0 Å². The molecule has 0 amide bonds. The van der Waals surface area contributed by atoms with E-state index in [9.17, 15) is 13.5 Å². The van der Waals surface area contributed by atoms with Crippen molar-refractivity contribution in [2.45, 2.75) is 6.92 Å². The maximum absolute atomic E-state index is 12.7. The van der Waals surface area contributed by atoms with Gasteiger partial charge in [-0.25, -0.2) is 8.42 Å². The van der Waals surface area contributed by atoms with Gasteiger partial charge in [0.15, 0.2) is 5.82 Å². The minimum absolute atomic E-state index is 0.0800. The lowest BCUT2D eigenvalue weighted by atomic mass is 10.1. The lowest BCUT2D eigenvalue weighted by Gasteiger charge is -2.26. The quantitative estimate of drug-likeness (QED) is 0.873.